The summed E-state index contributed by atoms with van der Waals surface area (Å²) in [6, 6.07) is 4.09. The Hall–Kier alpha value is -0.550. The number of aromatic hydroxyl groups is 1. The summed E-state index contributed by atoms with van der Waals surface area (Å²) < 4.78 is 6.87. The third-order valence-electron chi connectivity index (χ3n) is 10.8. The van der Waals surface area contributed by atoms with E-state index < -0.39 is 0 Å². The molecule has 2 saturated carbocycles. The van der Waals surface area contributed by atoms with Gasteiger partial charge in [-0.3, -0.25) is 4.79 Å². The summed E-state index contributed by atoms with van der Waals surface area (Å²) in [5, 5.41) is 11.7. The average Bonchev–Trinajstić information content (AvgIpc) is 3.08. The first-order chi connectivity index (χ1) is 17.1. The van der Waals surface area contributed by atoms with Crippen molar-refractivity contribution < 1.29 is 14.6 Å². The first-order valence-corrected chi connectivity index (χ1v) is 16.2. The van der Waals surface area contributed by atoms with E-state index in [0.29, 0.717) is 17.6 Å². The van der Waals surface area contributed by atoms with Gasteiger partial charge < -0.3 is 9.84 Å². The average molecular weight is 627 g/mol. The number of benzene rings is 1. The molecule has 202 valence electrons. The summed E-state index contributed by atoms with van der Waals surface area (Å²) in [7, 11) is 0. The van der Waals surface area contributed by atoms with Gasteiger partial charge in [0.25, 0.3) is 0 Å². The van der Waals surface area contributed by atoms with E-state index in [1.54, 1.807) is 6.92 Å². The van der Waals surface area contributed by atoms with Gasteiger partial charge in [-0.2, -0.15) is 0 Å². The van der Waals surface area contributed by atoms with Gasteiger partial charge in [0.2, 0.25) is 0 Å². The number of hydrogen-bond donors (Lipinski definition) is 1. The number of fused-ring (bicyclic) bond motifs is 5. The molecule has 6 atom stereocenters. The second-order valence-corrected chi connectivity index (χ2v) is 14.3. The molecule has 3 nitrogen and oxygen atoms in total. The lowest BCUT2D eigenvalue weighted by Crippen LogP contribution is -2.60. The number of carbonyl (C=O) groups is 1. The van der Waals surface area contributed by atoms with E-state index in [-0.39, 0.29) is 28.3 Å². The third kappa shape index (κ3) is 4.94. The minimum absolute atomic E-state index is 0.0160. The zero-order chi connectivity index (χ0) is 26.1. The number of phenolic OH excluding ortho intramolecular Hbond substituents is 1. The molecule has 1 aromatic rings. The van der Waals surface area contributed by atoms with E-state index >= 15 is 0 Å². The van der Waals surface area contributed by atoms with Crippen molar-refractivity contribution in [1.29, 1.82) is 0 Å². The molecule has 0 spiro atoms. The van der Waals surface area contributed by atoms with E-state index in [1.807, 2.05) is 6.07 Å². The molecule has 1 aromatic carbocycles. The van der Waals surface area contributed by atoms with Crippen molar-refractivity contribution in [3.8, 4) is 5.75 Å². The summed E-state index contributed by atoms with van der Waals surface area (Å²) in [5.74, 6) is 1.35. The molecule has 5 heteroatoms. The van der Waals surface area contributed by atoms with Crippen molar-refractivity contribution in [2.75, 3.05) is 5.33 Å². The molecule has 0 bridgehead atoms. The first kappa shape index (κ1) is 28.5. The molecule has 0 aliphatic heterocycles. The highest BCUT2D eigenvalue weighted by atomic mass is 79.9. The Balaban J connectivity index is 1.60. The maximum Gasteiger partial charge on any atom is 0.302 e. The van der Waals surface area contributed by atoms with Crippen molar-refractivity contribution in [2.24, 2.45) is 22.7 Å². The fraction of sp³-hybridized carbons (Fsp3) is 0.774. The van der Waals surface area contributed by atoms with E-state index in [4.69, 9.17) is 4.74 Å². The number of halogens is 2. The fourth-order valence-electron chi connectivity index (χ4n) is 8.85. The van der Waals surface area contributed by atoms with Crippen LogP contribution in [0, 0.1) is 22.7 Å². The lowest BCUT2D eigenvalue weighted by molar-refractivity contribution is -0.167. The molecular weight excluding hydrogens is 580 g/mol. The van der Waals surface area contributed by atoms with Crippen molar-refractivity contribution in [2.45, 2.75) is 123 Å². The molecule has 3 aliphatic rings. The topological polar surface area (TPSA) is 46.5 Å². The largest absolute Gasteiger partial charge is 0.507 e. The van der Waals surface area contributed by atoms with Crippen LogP contribution in [-0.2, 0) is 21.4 Å². The summed E-state index contributed by atoms with van der Waals surface area (Å²) in [5.41, 5.74) is 2.98. The zero-order valence-corrected chi connectivity index (χ0v) is 26.0. The van der Waals surface area contributed by atoms with Crippen LogP contribution in [0.2, 0.25) is 0 Å². The summed E-state index contributed by atoms with van der Waals surface area (Å²) >= 11 is 7.30. The number of esters is 1. The summed E-state index contributed by atoms with van der Waals surface area (Å²) in [4.78, 5) is 12.0. The van der Waals surface area contributed by atoms with Gasteiger partial charge in [-0.05, 0) is 101 Å². The van der Waals surface area contributed by atoms with Gasteiger partial charge in [0, 0.05) is 17.7 Å². The van der Waals surface area contributed by atoms with E-state index in [2.05, 4.69) is 58.7 Å². The Morgan fingerprint density at radius 3 is 2.33 bits per heavy atom. The number of alkyl halides is 1. The molecule has 1 N–H and O–H groups in total. The van der Waals surface area contributed by atoms with E-state index in [9.17, 15) is 9.90 Å². The Kier molecular flexibility index (Phi) is 8.92. The Labute approximate surface area is 235 Å². The second kappa shape index (κ2) is 11.3. The highest BCUT2D eigenvalue weighted by Crippen LogP contribution is 2.71. The number of carbonyl (C=O) groups excluding carboxylic acids is 1. The zero-order valence-electron chi connectivity index (χ0n) is 22.8. The monoisotopic (exact) mass is 624 g/mol. The van der Waals surface area contributed by atoms with Gasteiger partial charge in [-0.1, -0.05) is 81.3 Å². The Bertz CT molecular complexity index is 948. The number of ether oxygens (including phenoxy) is 1. The minimum atomic E-state index is -0.139. The molecule has 0 radical (unpaired) electrons. The molecule has 0 heterocycles. The highest BCUT2D eigenvalue weighted by Gasteiger charge is 2.67. The van der Waals surface area contributed by atoms with Gasteiger partial charge >= 0.3 is 5.97 Å². The molecule has 4 rings (SSSR count). The summed E-state index contributed by atoms with van der Waals surface area (Å²) in [6.07, 6.45) is 15.8. The van der Waals surface area contributed by atoms with Crippen LogP contribution in [0.25, 0.3) is 0 Å². The third-order valence-corrected chi connectivity index (χ3v) is 12.2. The maximum absolute atomic E-state index is 12.0. The van der Waals surface area contributed by atoms with Gasteiger partial charge in [-0.25, -0.2) is 0 Å². The van der Waals surface area contributed by atoms with Crippen LogP contribution in [0.4, 0.5) is 0 Å². The fourth-order valence-corrected chi connectivity index (χ4v) is 9.75. The van der Waals surface area contributed by atoms with Crippen LogP contribution in [0.15, 0.2) is 16.6 Å². The van der Waals surface area contributed by atoms with Crippen molar-refractivity contribution in [3.05, 3.63) is 27.7 Å². The minimum Gasteiger partial charge on any atom is -0.507 e. The van der Waals surface area contributed by atoms with Crippen molar-refractivity contribution in [1.82, 2.24) is 0 Å². The van der Waals surface area contributed by atoms with Crippen LogP contribution in [-0.4, -0.2) is 22.5 Å². The van der Waals surface area contributed by atoms with Crippen molar-refractivity contribution in [3.63, 3.8) is 0 Å². The SMILES string of the molecule is CC(=O)O[C@H]1CC[C@@]2(C)[C@@H]3[C@H](CCCCCCCCCBr)Cc4c(ccc(O)c4Br)[C@@]3(C)CC[C@]12C. The molecule has 0 unspecified atom stereocenters. The van der Waals surface area contributed by atoms with Crippen LogP contribution in [0.3, 0.4) is 0 Å². The lowest BCUT2D eigenvalue weighted by atomic mass is 9.40. The van der Waals surface area contributed by atoms with Crippen LogP contribution in [0.5, 0.6) is 5.75 Å². The van der Waals surface area contributed by atoms with Gasteiger partial charge in [0.05, 0.1) is 4.47 Å². The molecule has 0 saturated heterocycles. The molecule has 3 aliphatic carbocycles. The molecule has 0 aromatic heterocycles. The van der Waals surface area contributed by atoms with Crippen LogP contribution < -0.4 is 0 Å². The Morgan fingerprint density at radius 1 is 1.00 bits per heavy atom. The predicted octanol–water partition coefficient (Wildman–Crippen LogP) is 9.25. The van der Waals surface area contributed by atoms with Crippen LogP contribution >= 0.6 is 31.9 Å². The van der Waals surface area contributed by atoms with Gasteiger partial charge in [0.1, 0.15) is 11.9 Å². The first-order valence-electron chi connectivity index (χ1n) is 14.3. The molecule has 2 fully saturated rings. The highest BCUT2D eigenvalue weighted by molar-refractivity contribution is 9.10. The van der Waals surface area contributed by atoms with E-state index in [0.717, 1.165) is 41.9 Å². The van der Waals surface area contributed by atoms with Gasteiger partial charge in [-0.15, -0.1) is 0 Å². The quantitative estimate of drug-likeness (QED) is 0.160. The maximum atomic E-state index is 12.0. The smallest absolute Gasteiger partial charge is 0.302 e. The summed E-state index contributed by atoms with van der Waals surface area (Å²) in [6.45, 7) is 9.00. The number of phenols is 1. The number of rotatable bonds is 10. The lowest BCUT2D eigenvalue weighted by Gasteiger charge is -2.64. The number of unbranched alkanes of at least 4 members (excludes halogenated alkanes) is 6. The standard InChI is InChI=1S/C31H46Br2O3/c1-21(34)36-26-15-16-31(4)28-22(12-10-8-6-5-7-9-11-19-32)20-23-24(13-14-25(35)27(23)33)29(28,2)17-18-30(26,31)3/h13-14,22,26,28,35H,5-12,15-20H2,1-4H3/t22-,26+,28-,29-,30-,31+/m1/s1. The molecule has 0 amide bonds. The van der Waals surface area contributed by atoms with Gasteiger partial charge in [0.15, 0.2) is 0 Å². The van der Waals surface area contributed by atoms with E-state index in [1.165, 1.54) is 62.5 Å². The van der Waals surface area contributed by atoms with Crippen molar-refractivity contribution >= 4 is 37.8 Å². The predicted molar refractivity (Wildman–Crippen MR) is 155 cm³/mol. The number of hydrogen-bond acceptors (Lipinski definition) is 3. The Morgan fingerprint density at radius 2 is 1.67 bits per heavy atom. The second-order valence-electron chi connectivity index (χ2n) is 12.7. The molecular formula is C31H46Br2O3. The van der Waals surface area contributed by atoms with Crippen LogP contribution in [0.1, 0.15) is 116 Å². The molecule has 36 heavy (non-hydrogen) atoms. The normalized spacial score (nSPS) is 35.1.